The number of hydrogen-bond acceptors (Lipinski definition) is 9. The van der Waals surface area contributed by atoms with Gasteiger partial charge in [-0.05, 0) is 6.92 Å². The Labute approximate surface area is 133 Å². The number of aromatic nitrogens is 4. The molecular weight excluding hydrogens is 320 g/mol. The molecule has 2 aromatic heterocycles. The number of aliphatic hydroxyl groups is 2. The van der Waals surface area contributed by atoms with E-state index in [9.17, 15) is 20.3 Å². The first-order valence-corrected chi connectivity index (χ1v) is 6.86. The van der Waals surface area contributed by atoms with Crippen molar-refractivity contribution in [2.45, 2.75) is 25.0 Å². The van der Waals surface area contributed by atoms with Gasteiger partial charge in [0.2, 0.25) is 4.91 Å². The number of aliphatic hydroxyl groups excluding tert-OH is 2. The predicted molar refractivity (Wildman–Crippen MR) is 75.2 cm³/mol. The molecule has 12 nitrogen and oxygen atoms in total. The van der Waals surface area contributed by atoms with Crippen molar-refractivity contribution in [3.63, 3.8) is 0 Å². The van der Waals surface area contributed by atoms with Crippen LogP contribution in [0, 0.1) is 29.7 Å². The third-order valence-corrected chi connectivity index (χ3v) is 3.85. The van der Waals surface area contributed by atoms with Crippen LogP contribution in [0.15, 0.2) is 16.2 Å². The Balaban J connectivity index is 2.18. The SMILES string of the molecule is Cc1nc2c(ncn2[C@@H]2O[C@@](CO)(N=[N+]=N)[C@@H](O)[C@@H]2C#N)c(=O)[nH]1. The molecule has 0 unspecified atom stereocenters. The van der Waals surface area contributed by atoms with Crippen LogP contribution in [0.25, 0.3) is 11.2 Å². The van der Waals surface area contributed by atoms with Crippen molar-refractivity contribution in [1.82, 2.24) is 24.4 Å². The summed E-state index contributed by atoms with van der Waals surface area (Å²) < 4.78 is 6.87. The van der Waals surface area contributed by atoms with E-state index in [0.717, 1.165) is 0 Å². The van der Waals surface area contributed by atoms with Crippen LogP contribution in [-0.2, 0) is 4.74 Å². The van der Waals surface area contributed by atoms with Gasteiger partial charge in [0.1, 0.15) is 30.0 Å². The van der Waals surface area contributed by atoms with Gasteiger partial charge in [-0.15, -0.1) is 0 Å². The Kier molecular flexibility index (Phi) is 3.70. The molecule has 124 valence electrons. The van der Waals surface area contributed by atoms with Crippen LogP contribution in [0.5, 0.6) is 0 Å². The molecule has 1 aliphatic heterocycles. The molecule has 12 heteroatoms. The molecule has 24 heavy (non-hydrogen) atoms. The molecular formula is C12H13N8O4+. The largest absolute Gasteiger partial charge is 0.391 e. The van der Waals surface area contributed by atoms with E-state index in [-0.39, 0.29) is 11.2 Å². The fourth-order valence-electron chi connectivity index (χ4n) is 2.70. The number of fused-ring (bicyclic) bond motifs is 1. The Morgan fingerprint density at radius 3 is 3.08 bits per heavy atom. The lowest BCUT2D eigenvalue weighted by Crippen LogP contribution is -2.43. The monoisotopic (exact) mass is 333 g/mol. The smallest absolute Gasteiger partial charge is 0.294 e. The van der Waals surface area contributed by atoms with E-state index in [1.165, 1.54) is 10.9 Å². The van der Waals surface area contributed by atoms with Gasteiger partial charge in [-0.2, -0.15) is 5.26 Å². The standard InChI is InChI=1S/C12H12N8O4/c1-5-16-9-7(10(23)17-5)15-4-20(9)11-6(2-13)8(22)12(3-21,24-11)18-19-14/h4,6,8,11,14,21-22H,3H2,1H3/p+1/t6-,8-,11+,12+/m0/s1. The van der Waals surface area contributed by atoms with Crippen molar-refractivity contribution in [2.24, 2.45) is 11.0 Å². The average Bonchev–Trinajstić information content (AvgIpc) is 3.08. The zero-order valence-corrected chi connectivity index (χ0v) is 12.4. The van der Waals surface area contributed by atoms with Crippen LogP contribution >= 0.6 is 0 Å². The maximum Gasteiger partial charge on any atom is 0.294 e. The van der Waals surface area contributed by atoms with Gasteiger partial charge >= 0.3 is 0 Å². The minimum atomic E-state index is -1.94. The van der Waals surface area contributed by atoms with Gasteiger partial charge in [0.25, 0.3) is 11.3 Å². The highest BCUT2D eigenvalue weighted by Gasteiger charge is 2.60. The third kappa shape index (κ3) is 2.12. The van der Waals surface area contributed by atoms with E-state index in [1.54, 1.807) is 6.92 Å². The van der Waals surface area contributed by atoms with Crippen molar-refractivity contribution in [3.8, 4) is 6.07 Å². The van der Waals surface area contributed by atoms with Crippen molar-refractivity contribution in [1.29, 1.82) is 10.8 Å². The highest BCUT2D eigenvalue weighted by atomic mass is 16.6. The van der Waals surface area contributed by atoms with Gasteiger partial charge in [0.05, 0.1) is 12.4 Å². The Bertz CT molecular complexity index is 939. The first kappa shape index (κ1) is 15.9. The van der Waals surface area contributed by atoms with Crippen LogP contribution < -0.4 is 10.5 Å². The molecule has 0 aliphatic carbocycles. The normalized spacial score (nSPS) is 29.3. The highest BCUT2D eigenvalue weighted by Crippen LogP contribution is 2.42. The van der Waals surface area contributed by atoms with Crippen LogP contribution in [0.1, 0.15) is 12.1 Å². The zero-order valence-electron chi connectivity index (χ0n) is 12.4. The lowest BCUT2D eigenvalue weighted by atomic mass is 9.98. The Morgan fingerprint density at radius 2 is 2.46 bits per heavy atom. The van der Waals surface area contributed by atoms with Crippen LogP contribution in [0.3, 0.4) is 0 Å². The van der Waals surface area contributed by atoms with Gasteiger partial charge in [-0.3, -0.25) is 9.36 Å². The number of nitriles is 1. The van der Waals surface area contributed by atoms with E-state index < -0.39 is 36.1 Å². The summed E-state index contributed by atoms with van der Waals surface area (Å²) in [7, 11) is 0. The lowest BCUT2D eigenvalue weighted by Gasteiger charge is -2.18. The summed E-state index contributed by atoms with van der Waals surface area (Å²) in [6.45, 7) is 0.793. The molecule has 2 aromatic rings. The Morgan fingerprint density at radius 1 is 1.71 bits per heavy atom. The van der Waals surface area contributed by atoms with Crippen LogP contribution in [0.4, 0.5) is 0 Å². The van der Waals surface area contributed by atoms with Crippen LogP contribution in [-0.4, -0.2) is 48.2 Å². The number of nitrogens with zero attached hydrogens (tertiary/aromatic N) is 6. The molecule has 0 spiro atoms. The van der Waals surface area contributed by atoms with E-state index in [1.807, 2.05) is 6.07 Å². The maximum absolute atomic E-state index is 11.9. The average molecular weight is 333 g/mol. The molecule has 0 amide bonds. The van der Waals surface area contributed by atoms with Gasteiger partial charge in [0.15, 0.2) is 22.5 Å². The van der Waals surface area contributed by atoms with E-state index >= 15 is 0 Å². The molecule has 1 fully saturated rings. The fourth-order valence-corrected chi connectivity index (χ4v) is 2.70. The number of rotatable bonds is 3. The van der Waals surface area contributed by atoms with Gasteiger partial charge < -0.3 is 19.9 Å². The van der Waals surface area contributed by atoms with Gasteiger partial charge in [-0.25, -0.2) is 9.97 Å². The quantitative estimate of drug-likeness (QED) is 0.396. The first-order valence-electron chi connectivity index (χ1n) is 6.86. The number of aryl methyl sites for hydroxylation is 1. The van der Waals surface area contributed by atoms with Crippen LogP contribution in [0.2, 0.25) is 0 Å². The van der Waals surface area contributed by atoms with E-state index in [0.29, 0.717) is 5.82 Å². The van der Waals surface area contributed by atoms with Crippen molar-refractivity contribution in [3.05, 3.63) is 22.5 Å². The molecule has 4 atom stereocenters. The summed E-state index contributed by atoms with van der Waals surface area (Å²) >= 11 is 0. The second-order valence-corrected chi connectivity index (χ2v) is 5.29. The molecule has 3 heterocycles. The molecule has 0 aromatic carbocycles. The van der Waals surface area contributed by atoms with Crippen molar-refractivity contribution in [2.75, 3.05) is 6.61 Å². The fraction of sp³-hybridized carbons (Fsp3) is 0.500. The summed E-state index contributed by atoms with van der Waals surface area (Å²) in [6, 6.07) is 1.88. The molecule has 3 rings (SSSR count). The molecule has 0 bridgehead atoms. The van der Waals surface area contributed by atoms with Gasteiger partial charge in [0, 0.05) is 0 Å². The van der Waals surface area contributed by atoms with Crippen molar-refractivity contribution >= 4 is 11.2 Å². The lowest BCUT2D eigenvalue weighted by molar-refractivity contribution is -0.126. The second kappa shape index (κ2) is 5.59. The number of nitrogens with one attached hydrogen (secondary N) is 2. The summed E-state index contributed by atoms with van der Waals surface area (Å²) in [6.07, 6.45) is -1.41. The highest BCUT2D eigenvalue weighted by molar-refractivity contribution is 5.69. The predicted octanol–water partition coefficient (Wildman–Crippen LogP) is -1.30. The number of hydrogen-bond donors (Lipinski definition) is 4. The third-order valence-electron chi connectivity index (χ3n) is 3.85. The molecule has 0 saturated carbocycles. The second-order valence-electron chi connectivity index (χ2n) is 5.29. The summed E-state index contributed by atoms with van der Waals surface area (Å²) in [5, 5.41) is 32.6. The molecule has 1 aliphatic rings. The van der Waals surface area contributed by atoms with Crippen molar-refractivity contribution < 1.29 is 14.9 Å². The minimum Gasteiger partial charge on any atom is -0.391 e. The Hall–Kier alpha value is -2.97. The number of H-pyrrole nitrogens is 1. The molecule has 1 saturated heterocycles. The number of aromatic amines is 1. The maximum atomic E-state index is 11.9. The van der Waals surface area contributed by atoms with E-state index in [2.05, 4.69) is 25.0 Å². The molecule has 0 radical (unpaired) electrons. The minimum absolute atomic E-state index is 0.0407. The number of ether oxygens (including phenoxy) is 1. The summed E-state index contributed by atoms with van der Waals surface area (Å²) in [4.78, 5) is 25.3. The molecule has 4 N–H and O–H groups in total. The zero-order chi connectivity index (χ0) is 17.5. The number of imidazole rings is 1. The first-order chi connectivity index (χ1) is 11.5. The summed E-state index contributed by atoms with van der Waals surface area (Å²) in [5.41, 5.74) is 4.63. The summed E-state index contributed by atoms with van der Waals surface area (Å²) in [5.74, 6) is -0.818. The topological polar surface area (TPSA) is 187 Å². The van der Waals surface area contributed by atoms with Gasteiger partial charge in [-0.1, -0.05) is 0 Å². The van der Waals surface area contributed by atoms with E-state index in [4.69, 9.17) is 10.3 Å².